The molecule has 0 fully saturated rings. The normalized spacial score (nSPS) is 10.8. The first kappa shape index (κ1) is 15.8. The number of benzene rings is 1. The Bertz CT molecular complexity index is 654. The Kier molecular flexibility index (Phi) is 5.22. The Hall–Kier alpha value is -1.57. The quantitative estimate of drug-likeness (QED) is 0.442. The molecule has 21 heavy (non-hydrogen) atoms. The van der Waals surface area contributed by atoms with E-state index in [0.29, 0.717) is 12.1 Å². The molecule has 0 aliphatic heterocycles. The molecule has 0 amide bonds. The molecular formula is C14H13BrN2O3S. The molecule has 1 aromatic carbocycles. The number of carbonyl (C=O) groups is 1. The smallest absolute Gasteiger partial charge is 0.269 e. The van der Waals surface area contributed by atoms with Crippen LogP contribution in [0.1, 0.15) is 15.2 Å². The number of hydrogen-bond donors (Lipinski definition) is 0. The molecule has 0 bridgehead atoms. The van der Waals surface area contributed by atoms with E-state index in [-0.39, 0.29) is 18.0 Å². The highest BCUT2D eigenvalue weighted by molar-refractivity contribution is 9.10. The average Bonchev–Trinajstić information content (AvgIpc) is 2.83. The Morgan fingerprint density at radius 2 is 2.05 bits per heavy atom. The molecule has 0 atom stereocenters. The van der Waals surface area contributed by atoms with Crippen LogP contribution in [0.3, 0.4) is 0 Å². The average molecular weight is 369 g/mol. The number of nitro benzene ring substituents is 1. The number of nitrogens with zero attached hydrogens (tertiary/aromatic N) is 2. The number of rotatable bonds is 6. The van der Waals surface area contributed by atoms with Crippen molar-refractivity contribution < 1.29 is 9.72 Å². The summed E-state index contributed by atoms with van der Waals surface area (Å²) in [5, 5.41) is 12.6. The summed E-state index contributed by atoms with van der Waals surface area (Å²) in [6.07, 6.45) is 0. The summed E-state index contributed by atoms with van der Waals surface area (Å²) in [6, 6.07) is 7.72. The number of carbonyl (C=O) groups excluding carboxylic acids is 1. The van der Waals surface area contributed by atoms with Gasteiger partial charge in [-0.25, -0.2) is 0 Å². The van der Waals surface area contributed by atoms with Gasteiger partial charge in [-0.15, -0.1) is 11.3 Å². The fourth-order valence-corrected chi connectivity index (χ4v) is 3.39. The van der Waals surface area contributed by atoms with Crippen molar-refractivity contribution in [1.29, 1.82) is 0 Å². The van der Waals surface area contributed by atoms with Crippen LogP contribution < -0.4 is 0 Å². The van der Waals surface area contributed by atoms with Gasteiger partial charge < -0.3 is 0 Å². The van der Waals surface area contributed by atoms with E-state index < -0.39 is 4.92 Å². The molecule has 5 nitrogen and oxygen atoms in total. The standard InChI is InChI=1S/C14H13BrN2O3S/c1-16(7-13-6-11(15)9-21-13)8-14(18)10-2-4-12(5-3-10)17(19)20/h2-6,9H,7-8H2,1H3. The molecule has 2 rings (SSSR count). The zero-order valence-electron chi connectivity index (χ0n) is 11.3. The number of likely N-dealkylation sites (N-methyl/N-ethyl adjacent to an activating group) is 1. The third-order valence-corrected chi connectivity index (χ3v) is 4.54. The number of Topliss-reactive ketones (excluding diaryl/α,β-unsaturated/α-hetero) is 1. The van der Waals surface area contributed by atoms with E-state index >= 15 is 0 Å². The lowest BCUT2D eigenvalue weighted by Crippen LogP contribution is -2.25. The summed E-state index contributed by atoms with van der Waals surface area (Å²) in [7, 11) is 1.87. The maximum absolute atomic E-state index is 12.1. The molecule has 7 heteroatoms. The van der Waals surface area contributed by atoms with Gasteiger partial charge in [-0.2, -0.15) is 0 Å². The molecule has 0 saturated heterocycles. The van der Waals surface area contributed by atoms with Crippen LogP contribution in [-0.2, 0) is 6.54 Å². The van der Waals surface area contributed by atoms with E-state index in [1.807, 2.05) is 23.4 Å². The van der Waals surface area contributed by atoms with Crippen molar-refractivity contribution in [1.82, 2.24) is 4.90 Å². The van der Waals surface area contributed by atoms with Gasteiger partial charge in [-0.1, -0.05) is 0 Å². The number of hydrogen-bond acceptors (Lipinski definition) is 5. The lowest BCUT2D eigenvalue weighted by atomic mass is 10.1. The first-order valence-corrected chi connectivity index (χ1v) is 7.82. The van der Waals surface area contributed by atoms with Gasteiger partial charge in [0.25, 0.3) is 5.69 Å². The van der Waals surface area contributed by atoms with Crippen LogP contribution in [0.25, 0.3) is 0 Å². The van der Waals surface area contributed by atoms with E-state index in [2.05, 4.69) is 15.9 Å². The van der Waals surface area contributed by atoms with Crippen LogP contribution in [0.15, 0.2) is 40.2 Å². The highest BCUT2D eigenvalue weighted by Gasteiger charge is 2.12. The lowest BCUT2D eigenvalue weighted by molar-refractivity contribution is -0.384. The van der Waals surface area contributed by atoms with Gasteiger partial charge in [0, 0.05) is 39.0 Å². The molecule has 0 N–H and O–H groups in total. The first-order valence-electron chi connectivity index (χ1n) is 6.15. The van der Waals surface area contributed by atoms with Gasteiger partial charge in [0.05, 0.1) is 11.5 Å². The van der Waals surface area contributed by atoms with Gasteiger partial charge >= 0.3 is 0 Å². The summed E-state index contributed by atoms with van der Waals surface area (Å²) in [6.45, 7) is 0.961. The molecule has 0 unspecified atom stereocenters. The zero-order chi connectivity index (χ0) is 15.4. The maximum atomic E-state index is 12.1. The van der Waals surface area contributed by atoms with Crippen molar-refractivity contribution in [3.63, 3.8) is 0 Å². The van der Waals surface area contributed by atoms with Gasteiger partial charge in [0.1, 0.15) is 0 Å². The van der Waals surface area contributed by atoms with Crippen molar-refractivity contribution in [3.05, 3.63) is 60.7 Å². The van der Waals surface area contributed by atoms with E-state index in [4.69, 9.17) is 0 Å². The maximum Gasteiger partial charge on any atom is 0.269 e. The zero-order valence-corrected chi connectivity index (χ0v) is 13.7. The Morgan fingerprint density at radius 1 is 1.38 bits per heavy atom. The number of nitro groups is 1. The minimum Gasteiger partial charge on any atom is -0.294 e. The summed E-state index contributed by atoms with van der Waals surface area (Å²) in [5.74, 6) is -0.0528. The predicted octanol–water partition coefficient (Wildman–Crippen LogP) is 3.73. The second-order valence-corrected chi connectivity index (χ2v) is 6.54. The molecule has 2 aromatic rings. The van der Waals surface area contributed by atoms with Gasteiger partial charge in [0.2, 0.25) is 0 Å². The van der Waals surface area contributed by atoms with Crippen LogP contribution in [0.4, 0.5) is 5.69 Å². The molecule has 0 saturated carbocycles. The molecule has 1 aromatic heterocycles. The van der Waals surface area contributed by atoms with Crippen molar-refractivity contribution in [2.75, 3.05) is 13.6 Å². The largest absolute Gasteiger partial charge is 0.294 e. The number of ketones is 1. The van der Waals surface area contributed by atoms with E-state index in [0.717, 1.165) is 4.47 Å². The van der Waals surface area contributed by atoms with Crippen molar-refractivity contribution in [2.24, 2.45) is 0 Å². The lowest BCUT2D eigenvalue weighted by Gasteiger charge is -2.14. The second-order valence-electron chi connectivity index (χ2n) is 4.63. The Balaban J connectivity index is 1.95. The van der Waals surface area contributed by atoms with E-state index in [9.17, 15) is 14.9 Å². The predicted molar refractivity (Wildman–Crippen MR) is 85.8 cm³/mol. The van der Waals surface area contributed by atoms with Crippen LogP contribution in [0, 0.1) is 10.1 Å². The topological polar surface area (TPSA) is 63.5 Å². The Labute approximate surface area is 134 Å². The first-order chi connectivity index (χ1) is 9.95. The molecular weight excluding hydrogens is 356 g/mol. The molecule has 0 radical (unpaired) electrons. The van der Waals surface area contributed by atoms with Gasteiger partial charge in [-0.05, 0) is 41.2 Å². The monoisotopic (exact) mass is 368 g/mol. The van der Waals surface area contributed by atoms with Gasteiger partial charge in [0.15, 0.2) is 5.78 Å². The summed E-state index contributed by atoms with van der Waals surface area (Å²) < 4.78 is 1.04. The van der Waals surface area contributed by atoms with Crippen LogP contribution in [0.2, 0.25) is 0 Å². The number of non-ortho nitro benzene ring substituents is 1. The summed E-state index contributed by atoms with van der Waals surface area (Å²) in [5.41, 5.74) is 0.475. The molecule has 0 aliphatic rings. The SMILES string of the molecule is CN(CC(=O)c1ccc([N+](=O)[O-])cc1)Cc1cc(Br)cs1. The number of thiophene rings is 1. The van der Waals surface area contributed by atoms with Crippen molar-refractivity contribution in [3.8, 4) is 0 Å². The fourth-order valence-electron chi connectivity index (χ4n) is 1.86. The van der Waals surface area contributed by atoms with E-state index in [1.54, 1.807) is 11.3 Å². The van der Waals surface area contributed by atoms with Crippen LogP contribution in [-0.4, -0.2) is 29.2 Å². The fraction of sp³-hybridized carbons (Fsp3) is 0.214. The minimum absolute atomic E-state index is 0.0108. The third kappa shape index (κ3) is 4.45. The van der Waals surface area contributed by atoms with Crippen LogP contribution in [0.5, 0.6) is 0 Å². The highest BCUT2D eigenvalue weighted by Crippen LogP contribution is 2.21. The second kappa shape index (κ2) is 6.93. The molecule has 0 aliphatic carbocycles. The van der Waals surface area contributed by atoms with E-state index in [1.165, 1.54) is 29.1 Å². The van der Waals surface area contributed by atoms with Crippen molar-refractivity contribution >= 4 is 38.7 Å². The number of halogens is 1. The Morgan fingerprint density at radius 3 is 2.57 bits per heavy atom. The molecule has 1 heterocycles. The van der Waals surface area contributed by atoms with Gasteiger partial charge in [-0.3, -0.25) is 19.8 Å². The van der Waals surface area contributed by atoms with Crippen LogP contribution >= 0.6 is 27.3 Å². The summed E-state index contributed by atoms with van der Waals surface area (Å²) >= 11 is 5.03. The van der Waals surface area contributed by atoms with Crippen molar-refractivity contribution in [2.45, 2.75) is 6.54 Å². The molecule has 110 valence electrons. The highest BCUT2D eigenvalue weighted by atomic mass is 79.9. The third-order valence-electron chi connectivity index (χ3n) is 2.86. The summed E-state index contributed by atoms with van der Waals surface area (Å²) in [4.78, 5) is 25.3. The minimum atomic E-state index is -0.477. The molecule has 0 spiro atoms.